The first kappa shape index (κ1) is 15.5. The lowest BCUT2D eigenvalue weighted by atomic mass is 9.90. The molecule has 1 unspecified atom stereocenters. The number of carbonyl (C=O) groups excluding carboxylic acids is 1. The zero-order valence-electron chi connectivity index (χ0n) is 13.4. The highest BCUT2D eigenvalue weighted by Crippen LogP contribution is 2.30. The summed E-state index contributed by atoms with van der Waals surface area (Å²) in [6, 6.07) is 2.27. The van der Waals surface area contributed by atoms with Crippen molar-refractivity contribution < 1.29 is 4.79 Å². The minimum Gasteiger partial charge on any atom is -0.397 e. The Balaban J connectivity index is 2.10. The smallest absolute Gasteiger partial charge is 0.225 e. The van der Waals surface area contributed by atoms with Crippen LogP contribution in [0, 0.1) is 12.8 Å². The van der Waals surface area contributed by atoms with Crippen LogP contribution >= 0.6 is 0 Å². The van der Waals surface area contributed by atoms with Crippen LogP contribution in [0.25, 0.3) is 5.57 Å². The molecule has 0 fully saturated rings. The Morgan fingerprint density at radius 2 is 2.19 bits per heavy atom. The van der Waals surface area contributed by atoms with Crippen molar-refractivity contribution in [3.63, 3.8) is 0 Å². The molecule has 114 valence electrons. The maximum Gasteiger partial charge on any atom is 0.225 e. The molecule has 0 saturated carbocycles. The van der Waals surface area contributed by atoms with Gasteiger partial charge in [0.25, 0.3) is 0 Å². The van der Waals surface area contributed by atoms with Crippen molar-refractivity contribution in [2.24, 2.45) is 5.92 Å². The van der Waals surface area contributed by atoms with Gasteiger partial charge in [-0.3, -0.25) is 9.78 Å². The molecule has 0 aliphatic heterocycles. The van der Waals surface area contributed by atoms with Crippen LogP contribution in [0.4, 0.5) is 5.69 Å². The maximum atomic E-state index is 12.1. The number of allylic oxidation sites excluding steroid dienone is 1. The largest absolute Gasteiger partial charge is 0.397 e. The molecule has 0 radical (unpaired) electrons. The second-order valence-electron chi connectivity index (χ2n) is 6.20. The van der Waals surface area contributed by atoms with Crippen molar-refractivity contribution in [2.45, 2.75) is 46.1 Å². The van der Waals surface area contributed by atoms with E-state index in [4.69, 9.17) is 5.73 Å². The maximum absolute atomic E-state index is 12.1. The second kappa shape index (κ2) is 6.29. The van der Waals surface area contributed by atoms with E-state index >= 15 is 0 Å². The van der Waals surface area contributed by atoms with Gasteiger partial charge in [-0.25, -0.2) is 0 Å². The van der Waals surface area contributed by atoms with Gasteiger partial charge >= 0.3 is 0 Å². The van der Waals surface area contributed by atoms with E-state index in [1.165, 1.54) is 5.57 Å². The molecule has 1 heterocycles. The Kier molecular flexibility index (Phi) is 4.66. The third kappa shape index (κ3) is 3.43. The van der Waals surface area contributed by atoms with Gasteiger partial charge in [0.15, 0.2) is 0 Å². The number of aromatic nitrogens is 1. The van der Waals surface area contributed by atoms with Gasteiger partial charge in [0.05, 0.1) is 17.6 Å². The molecule has 0 saturated heterocycles. The van der Waals surface area contributed by atoms with E-state index in [0.717, 1.165) is 30.5 Å². The lowest BCUT2D eigenvalue weighted by molar-refractivity contribution is -0.135. The van der Waals surface area contributed by atoms with Crippen LogP contribution in [-0.4, -0.2) is 28.9 Å². The predicted octanol–water partition coefficient (Wildman–Crippen LogP) is 3.02. The van der Waals surface area contributed by atoms with Gasteiger partial charge in [0.2, 0.25) is 5.91 Å². The number of anilines is 1. The molecular formula is C17H25N3O. The molecule has 1 atom stereocenters. The minimum absolute atomic E-state index is 0.0568. The summed E-state index contributed by atoms with van der Waals surface area (Å²) in [5.74, 6) is 0.278. The molecular weight excluding hydrogens is 262 g/mol. The number of amides is 1. The van der Waals surface area contributed by atoms with Crippen molar-refractivity contribution in [1.82, 2.24) is 9.88 Å². The Labute approximate surface area is 127 Å². The highest BCUT2D eigenvalue weighted by Gasteiger charge is 2.24. The average molecular weight is 287 g/mol. The van der Waals surface area contributed by atoms with E-state index in [-0.39, 0.29) is 11.8 Å². The van der Waals surface area contributed by atoms with Crippen molar-refractivity contribution in [3.05, 3.63) is 29.6 Å². The van der Waals surface area contributed by atoms with E-state index in [9.17, 15) is 4.79 Å². The lowest BCUT2D eigenvalue weighted by Gasteiger charge is -2.32. The number of hydrogen-bond acceptors (Lipinski definition) is 3. The SMILES string of the molecule is Cc1cc(N)cnc1C1=CCC(N(C)C(=O)C(C)C)CC1. The first-order valence-corrected chi connectivity index (χ1v) is 7.58. The zero-order chi connectivity index (χ0) is 15.6. The number of aryl methyl sites for hydroxylation is 1. The van der Waals surface area contributed by atoms with Gasteiger partial charge in [-0.15, -0.1) is 0 Å². The minimum atomic E-state index is 0.0568. The third-order valence-corrected chi connectivity index (χ3v) is 4.18. The number of nitrogens with two attached hydrogens (primary N) is 1. The fraction of sp³-hybridized carbons (Fsp3) is 0.529. The van der Waals surface area contributed by atoms with Crippen molar-refractivity contribution in [2.75, 3.05) is 12.8 Å². The normalized spacial score (nSPS) is 18.5. The summed E-state index contributed by atoms with van der Waals surface area (Å²) in [6.45, 7) is 5.94. The molecule has 4 heteroatoms. The van der Waals surface area contributed by atoms with Gasteiger partial charge in [0, 0.05) is 19.0 Å². The summed E-state index contributed by atoms with van der Waals surface area (Å²) in [4.78, 5) is 18.4. The summed E-state index contributed by atoms with van der Waals surface area (Å²) in [5.41, 5.74) is 9.89. The molecule has 21 heavy (non-hydrogen) atoms. The molecule has 1 aromatic rings. The Bertz CT molecular complexity index is 563. The standard InChI is InChI=1S/C17H25N3O/c1-11(2)17(21)20(4)15-7-5-13(6-8-15)16-12(3)9-14(18)10-19-16/h5,9-11,15H,6-8,18H2,1-4H3. The number of rotatable bonds is 3. The van der Waals surface area contributed by atoms with Gasteiger partial charge in [-0.1, -0.05) is 19.9 Å². The topological polar surface area (TPSA) is 59.2 Å². The van der Waals surface area contributed by atoms with E-state index in [1.54, 1.807) is 6.20 Å². The van der Waals surface area contributed by atoms with E-state index in [2.05, 4.69) is 11.1 Å². The van der Waals surface area contributed by atoms with E-state index < -0.39 is 0 Å². The number of hydrogen-bond donors (Lipinski definition) is 1. The molecule has 1 amide bonds. The highest BCUT2D eigenvalue weighted by molar-refractivity contribution is 5.78. The Morgan fingerprint density at radius 3 is 2.71 bits per heavy atom. The summed E-state index contributed by atoms with van der Waals surface area (Å²) in [5, 5.41) is 0. The first-order chi connectivity index (χ1) is 9.90. The van der Waals surface area contributed by atoms with Crippen LogP contribution in [-0.2, 0) is 4.79 Å². The number of pyridine rings is 1. The summed E-state index contributed by atoms with van der Waals surface area (Å²) in [7, 11) is 1.92. The molecule has 0 spiro atoms. The average Bonchev–Trinajstić information content (AvgIpc) is 2.46. The fourth-order valence-corrected chi connectivity index (χ4v) is 2.91. The molecule has 0 bridgehead atoms. The van der Waals surface area contributed by atoms with Crippen LogP contribution in [0.2, 0.25) is 0 Å². The predicted molar refractivity (Wildman–Crippen MR) is 86.6 cm³/mol. The molecule has 2 rings (SSSR count). The van der Waals surface area contributed by atoms with Gasteiger partial charge in [-0.05, 0) is 43.4 Å². The quantitative estimate of drug-likeness (QED) is 0.929. The monoisotopic (exact) mass is 287 g/mol. The highest BCUT2D eigenvalue weighted by atomic mass is 16.2. The summed E-state index contributed by atoms with van der Waals surface area (Å²) < 4.78 is 0. The van der Waals surface area contributed by atoms with Gasteiger partial charge in [-0.2, -0.15) is 0 Å². The molecule has 1 aromatic heterocycles. The van der Waals surface area contributed by atoms with Gasteiger partial charge in [0.1, 0.15) is 0 Å². The van der Waals surface area contributed by atoms with E-state index in [0.29, 0.717) is 11.7 Å². The van der Waals surface area contributed by atoms with Crippen LogP contribution in [0.15, 0.2) is 18.3 Å². The van der Waals surface area contributed by atoms with Gasteiger partial charge < -0.3 is 10.6 Å². The molecule has 1 aliphatic carbocycles. The lowest BCUT2D eigenvalue weighted by Crippen LogP contribution is -2.40. The summed E-state index contributed by atoms with van der Waals surface area (Å²) >= 11 is 0. The van der Waals surface area contributed by atoms with Crippen LogP contribution in [0.1, 0.15) is 44.4 Å². The molecule has 2 N–H and O–H groups in total. The van der Waals surface area contributed by atoms with Crippen molar-refractivity contribution in [3.8, 4) is 0 Å². The van der Waals surface area contributed by atoms with Crippen LogP contribution in [0.5, 0.6) is 0 Å². The van der Waals surface area contributed by atoms with E-state index in [1.807, 2.05) is 38.8 Å². The molecule has 1 aliphatic rings. The number of nitrogens with zero attached hydrogens (tertiary/aromatic N) is 2. The fourth-order valence-electron chi connectivity index (χ4n) is 2.91. The first-order valence-electron chi connectivity index (χ1n) is 7.58. The van der Waals surface area contributed by atoms with Crippen molar-refractivity contribution >= 4 is 17.2 Å². The Morgan fingerprint density at radius 1 is 1.48 bits per heavy atom. The summed E-state index contributed by atoms with van der Waals surface area (Å²) in [6.07, 6.45) is 6.79. The molecule has 0 aromatic carbocycles. The molecule has 4 nitrogen and oxygen atoms in total. The third-order valence-electron chi connectivity index (χ3n) is 4.18. The Hall–Kier alpha value is -1.84. The van der Waals surface area contributed by atoms with Crippen molar-refractivity contribution in [1.29, 1.82) is 0 Å². The van der Waals surface area contributed by atoms with Crippen LogP contribution in [0.3, 0.4) is 0 Å². The van der Waals surface area contributed by atoms with Crippen LogP contribution < -0.4 is 5.73 Å². The number of carbonyl (C=O) groups is 1. The second-order valence-corrected chi connectivity index (χ2v) is 6.20. The number of nitrogen functional groups attached to an aromatic ring is 1. The zero-order valence-corrected chi connectivity index (χ0v) is 13.4.